The van der Waals surface area contributed by atoms with Crippen molar-refractivity contribution in [3.63, 3.8) is 0 Å². The molecule has 33 heavy (non-hydrogen) atoms. The first-order valence-electron chi connectivity index (χ1n) is 11.0. The van der Waals surface area contributed by atoms with Gasteiger partial charge in [0.15, 0.2) is 5.78 Å². The highest BCUT2D eigenvalue weighted by Gasteiger charge is 2.22. The second-order valence-electron chi connectivity index (χ2n) is 8.24. The Bertz CT molecular complexity index is 811. The predicted octanol–water partition coefficient (Wildman–Crippen LogP) is -0.714. The third-order valence-electron chi connectivity index (χ3n) is 4.58. The van der Waals surface area contributed by atoms with Crippen LogP contribution in [0, 0.1) is 5.92 Å². The molecule has 0 bridgehead atoms. The van der Waals surface area contributed by atoms with Crippen LogP contribution in [0.5, 0.6) is 0 Å². The fraction of sp³-hybridized carbons (Fsp3) is 0.522. The molecule has 1 aromatic rings. The summed E-state index contributed by atoms with van der Waals surface area (Å²) in [4.78, 5) is 60.4. The zero-order valence-electron chi connectivity index (χ0n) is 19.7. The minimum Gasteiger partial charge on any atom is -0.347 e. The average Bonchev–Trinajstić information content (AvgIpc) is 2.78. The van der Waals surface area contributed by atoms with Crippen LogP contribution in [0.15, 0.2) is 30.3 Å². The van der Waals surface area contributed by atoms with Crippen molar-refractivity contribution in [3.05, 3.63) is 35.9 Å². The second kappa shape index (κ2) is 14.7. The van der Waals surface area contributed by atoms with Gasteiger partial charge >= 0.3 is 0 Å². The summed E-state index contributed by atoms with van der Waals surface area (Å²) in [7, 11) is 0. The van der Waals surface area contributed by atoms with E-state index >= 15 is 0 Å². The average molecular weight is 462 g/mol. The normalized spacial score (nSPS) is 11.6. The summed E-state index contributed by atoms with van der Waals surface area (Å²) in [6.07, 6.45) is 0.203. The number of Topliss-reactive ketones (excluding diaryl/α,β-unsaturated/α-hetero) is 1. The van der Waals surface area contributed by atoms with Crippen LogP contribution in [0.25, 0.3) is 0 Å². The SMILES string of the molecule is CC(C)NCC(=O)NCC(=O)N[C@@H](Cc1ccccc1)C(=O)NCC(=O)NCC(=O)C(C)C. The lowest BCUT2D eigenvalue weighted by Crippen LogP contribution is -2.52. The van der Waals surface area contributed by atoms with Crippen LogP contribution in [0.1, 0.15) is 33.3 Å². The molecule has 0 aromatic heterocycles. The van der Waals surface area contributed by atoms with E-state index in [0.29, 0.717) is 0 Å². The maximum atomic E-state index is 12.7. The topological polar surface area (TPSA) is 146 Å². The van der Waals surface area contributed by atoms with Crippen LogP contribution < -0.4 is 26.6 Å². The molecule has 0 radical (unpaired) electrons. The summed E-state index contributed by atoms with van der Waals surface area (Å²) >= 11 is 0. The van der Waals surface area contributed by atoms with Gasteiger partial charge in [-0.2, -0.15) is 0 Å². The number of amides is 4. The molecule has 0 saturated heterocycles. The quantitative estimate of drug-likeness (QED) is 0.247. The van der Waals surface area contributed by atoms with Crippen molar-refractivity contribution in [3.8, 4) is 0 Å². The van der Waals surface area contributed by atoms with Crippen molar-refractivity contribution in [2.24, 2.45) is 5.92 Å². The molecule has 1 rings (SSSR count). The molecule has 182 valence electrons. The van der Waals surface area contributed by atoms with E-state index in [2.05, 4.69) is 26.6 Å². The largest absolute Gasteiger partial charge is 0.347 e. The monoisotopic (exact) mass is 461 g/mol. The number of carbonyl (C=O) groups is 5. The van der Waals surface area contributed by atoms with E-state index in [1.807, 2.05) is 44.2 Å². The predicted molar refractivity (Wildman–Crippen MR) is 124 cm³/mol. The van der Waals surface area contributed by atoms with Gasteiger partial charge in [-0.1, -0.05) is 58.0 Å². The third kappa shape index (κ3) is 12.4. The maximum absolute atomic E-state index is 12.7. The first-order chi connectivity index (χ1) is 15.6. The molecule has 10 heteroatoms. The van der Waals surface area contributed by atoms with E-state index in [1.54, 1.807) is 13.8 Å². The molecule has 4 amide bonds. The van der Waals surface area contributed by atoms with Gasteiger partial charge in [-0.05, 0) is 5.56 Å². The Hall–Kier alpha value is -3.27. The number of carbonyl (C=O) groups excluding carboxylic acids is 5. The standard InChI is InChI=1S/C23H35N5O5/c1-15(2)19(29)11-25-21(31)13-27-23(33)18(10-17-8-6-5-7-9-17)28-22(32)14-26-20(30)12-24-16(3)4/h5-9,15-16,18,24H,10-14H2,1-4H3,(H,25,31)(H,26,30)(H,27,33)(H,28,32)/t18-/m0/s1. The van der Waals surface area contributed by atoms with E-state index < -0.39 is 23.8 Å². The van der Waals surface area contributed by atoms with E-state index in [0.717, 1.165) is 5.56 Å². The smallest absolute Gasteiger partial charge is 0.243 e. The summed E-state index contributed by atoms with van der Waals surface area (Å²) in [6, 6.07) is 8.27. The Morgan fingerprint density at radius 3 is 1.91 bits per heavy atom. The Morgan fingerprint density at radius 1 is 0.727 bits per heavy atom. The minimum atomic E-state index is -0.948. The van der Waals surface area contributed by atoms with Gasteiger partial charge in [0.1, 0.15) is 6.04 Å². The van der Waals surface area contributed by atoms with Crippen molar-refractivity contribution in [2.45, 2.75) is 46.2 Å². The number of benzene rings is 1. The number of ketones is 1. The lowest BCUT2D eigenvalue weighted by Gasteiger charge is -2.19. The molecule has 1 aromatic carbocycles. The molecule has 0 aliphatic heterocycles. The summed E-state index contributed by atoms with van der Waals surface area (Å²) in [5.41, 5.74) is 0.815. The van der Waals surface area contributed by atoms with Gasteiger partial charge in [0, 0.05) is 18.4 Å². The first kappa shape index (κ1) is 27.8. The van der Waals surface area contributed by atoms with E-state index in [-0.39, 0.29) is 56.3 Å². The fourth-order valence-electron chi connectivity index (χ4n) is 2.59. The Labute approximate surface area is 194 Å². The molecule has 0 fully saturated rings. The highest BCUT2D eigenvalue weighted by molar-refractivity contribution is 5.93. The van der Waals surface area contributed by atoms with Gasteiger partial charge in [-0.25, -0.2) is 0 Å². The highest BCUT2D eigenvalue weighted by atomic mass is 16.2. The molecule has 0 spiro atoms. The number of nitrogens with one attached hydrogen (secondary N) is 5. The lowest BCUT2D eigenvalue weighted by molar-refractivity contribution is -0.131. The second-order valence-corrected chi connectivity index (χ2v) is 8.24. The summed E-state index contributed by atoms with van der Waals surface area (Å²) in [6.45, 7) is 6.62. The van der Waals surface area contributed by atoms with Gasteiger partial charge in [-0.15, -0.1) is 0 Å². The fourth-order valence-corrected chi connectivity index (χ4v) is 2.59. The van der Waals surface area contributed by atoms with Gasteiger partial charge in [0.25, 0.3) is 0 Å². The van der Waals surface area contributed by atoms with Crippen LogP contribution in [-0.2, 0) is 30.4 Å². The van der Waals surface area contributed by atoms with Gasteiger partial charge < -0.3 is 26.6 Å². The zero-order chi connectivity index (χ0) is 24.8. The van der Waals surface area contributed by atoms with E-state index in [9.17, 15) is 24.0 Å². The highest BCUT2D eigenvalue weighted by Crippen LogP contribution is 2.03. The molecule has 10 nitrogen and oxygen atoms in total. The van der Waals surface area contributed by atoms with E-state index in [4.69, 9.17) is 0 Å². The van der Waals surface area contributed by atoms with Crippen LogP contribution >= 0.6 is 0 Å². The summed E-state index contributed by atoms with van der Waals surface area (Å²) in [5.74, 6) is -2.24. The minimum absolute atomic E-state index is 0.0767. The summed E-state index contributed by atoms with van der Waals surface area (Å²) in [5, 5.41) is 13.0. The van der Waals surface area contributed by atoms with Gasteiger partial charge in [-0.3, -0.25) is 24.0 Å². The number of rotatable bonds is 14. The summed E-state index contributed by atoms with van der Waals surface area (Å²) < 4.78 is 0. The number of hydrogen-bond acceptors (Lipinski definition) is 6. The number of hydrogen-bond donors (Lipinski definition) is 5. The zero-order valence-corrected chi connectivity index (χ0v) is 19.7. The van der Waals surface area contributed by atoms with E-state index in [1.165, 1.54) is 0 Å². The van der Waals surface area contributed by atoms with Crippen LogP contribution in [0.2, 0.25) is 0 Å². The van der Waals surface area contributed by atoms with Gasteiger partial charge in [0.2, 0.25) is 23.6 Å². The Balaban J connectivity index is 2.63. The van der Waals surface area contributed by atoms with Crippen LogP contribution in [0.3, 0.4) is 0 Å². The van der Waals surface area contributed by atoms with Crippen molar-refractivity contribution >= 4 is 29.4 Å². The van der Waals surface area contributed by atoms with Crippen LogP contribution in [0.4, 0.5) is 0 Å². The molecule has 0 unspecified atom stereocenters. The van der Waals surface area contributed by atoms with Crippen molar-refractivity contribution in [1.29, 1.82) is 0 Å². The Morgan fingerprint density at radius 2 is 1.30 bits per heavy atom. The maximum Gasteiger partial charge on any atom is 0.243 e. The van der Waals surface area contributed by atoms with Gasteiger partial charge in [0.05, 0.1) is 26.2 Å². The molecule has 1 atom stereocenters. The van der Waals surface area contributed by atoms with Crippen molar-refractivity contribution in [2.75, 3.05) is 26.2 Å². The molecule has 0 heterocycles. The first-order valence-corrected chi connectivity index (χ1v) is 11.0. The molecule has 0 aliphatic rings. The van der Waals surface area contributed by atoms with Crippen LogP contribution in [-0.4, -0.2) is 67.7 Å². The van der Waals surface area contributed by atoms with Crippen molar-refractivity contribution < 1.29 is 24.0 Å². The molecular weight excluding hydrogens is 426 g/mol. The third-order valence-corrected chi connectivity index (χ3v) is 4.58. The molecular formula is C23H35N5O5. The molecule has 0 aliphatic carbocycles. The molecule has 5 N–H and O–H groups in total. The molecule has 0 saturated carbocycles. The van der Waals surface area contributed by atoms with Crippen molar-refractivity contribution in [1.82, 2.24) is 26.6 Å². The lowest BCUT2D eigenvalue weighted by atomic mass is 10.1. The Kier molecular flexibility index (Phi) is 12.4.